The number of ether oxygens (including phenoxy) is 3. The third-order valence-corrected chi connectivity index (χ3v) is 6.80. The zero-order valence-electron chi connectivity index (χ0n) is 20.0. The molecule has 2 aliphatic rings. The van der Waals surface area contributed by atoms with Crippen molar-refractivity contribution in [3.05, 3.63) is 53.3 Å². The molecule has 0 saturated heterocycles. The lowest BCUT2D eigenvalue weighted by Gasteiger charge is -2.22. The van der Waals surface area contributed by atoms with Gasteiger partial charge in [-0.1, -0.05) is 0 Å². The number of nitrogens with zero attached hydrogens (tertiary/aromatic N) is 2. The number of likely N-dealkylation sites (N-methyl/N-ethyl adjacent to an activating group) is 1. The molecule has 7 heteroatoms. The summed E-state index contributed by atoms with van der Waals surface area (Å²) in [6.45, 7) is 4.54. The summed E-state index contributed by atoms with van der Waals surface area (Å²) in [5.41, 5.74) is 4.33. The van der Waals surface area contributed by atoms with Gasteiger partial charge in [-0.05, 0) is 73.8 Å². The van der Waals surface area contributed by atoms with Gasteiger partial charge in [0.2, 0.25) is 5.91 Å². The minimum absolute atomic E-state index is 0.193. The molecule has 7 nitrogen and oxygen atoms in total. The van der Waals surface area contributed by atoms with E-state index in [-0.39, 0.29) is 5.91 Å². The molecule has 0 unspecified atom stereocenters. The number of benzene rings is 2. The van der Waals surface area contributed by atoms with Gasteiger partial charge in [0, 0.05) is 31.1 Å². The molecule has 0 saturated carbocycles. The van der Waals surface area contributed by atoms with E-state index in [1.165, 1.54) is 11.1 Å². The fourth-order valence-corrected chi connectivity index (χ4v) is 4.80. The van der Waals surface area contributed by atoms with Gasteiger partial charge in [-0.3, -0.25) is 4.79 Å². The van der Waals surface area contributed by atoms with Crippen LogP contribution in [0.3, 0.4) is 0 Å². The lowest BCUT2D eigenvalue weighted by Crippen LogP contribution is -2.35. The zero-order chi connectivity index (χ0) is 23.5. The van der Waals surface area contributed by atoms with E-state index in [9.17, 15) is 4.79 Å². The summed E-state index contributed by atoms with van der Waals surface area (Å²) < 4.78 is 22.4. The third kappa shape index (κ3) is 4.85. The first kappa shape index (κ1) is 22.6. The Labute approximate surface area is 200 Å². The molecule has 0 bridgehead atoms. The molecule has 34 heavy (non-hydrogen) atoms. The molecule has 0 aliphatic carbocycles. The molecule has 1 aromatic heterocycles. The maximum absolute atomic E-state index is 12.9. The van der Waals surface area contributed by atoms with Crippen LogP contribution in [0.2, 0.25) is 0 Å². The minimum Gasteiger partial charge on any atom is -0.497 e. The Morgan fingerprint density at radius 2 is 1.85 bits per heavy atom. The summed E-state index contributed by atoms with van der Waals surface area (Å²) in [6.07, 6.45) is 5.00. The van der Waals surface area contributed by atoms with E-state index in [4.69, 9.17) is 18.6 Å². The average molecular weight is 465 g/mol. The van der Waals surface area contributed by atoms with Crippen molar-refractivity contribution in [2.75, 3.05) is 53.6 Å². The molecule has 2 aliphatic heterocycles. The van der Waals surface area contributed by atoms with Crippen molar-refractivity contribution in [3.63, 3.8) is 0 Å². The van der Waals surface area contributed by atoms with Crippen molar-refractivity contribution in [1.82, 2.24) is 9.80 Å². The van der Waals surface area contributed by atoms with Crippen molar-refractivity contribution >= 4 is 16.9 Å². The maximum atomic E-state index is 12.9. The predicted octanol–water partition coefficient (Wildman–Crippen LogP) is 3.70. The number of fused-ring (bicyclic) bond motifs is 3. The first-order valence-corrected chi connectivity index (χ1v) is 12.0. The quantitative estimate of drug-likeness (QED) is 0.507. The Kier molecular flexibility index (Phi) is 6.63. The topological polar surface area (TPSA) is 64.4 Å². The highest BCUT2D eigenvalue weighted by Gasteiger charge is 2.23. The van der Waals surface area contributed by atoms with Crippen LogP contribution < -0.4 is 14.2 Å². The van der Waals surface area contributed by atoms with Gasteiger partial charge in [0.25, 0.3) is 0 Å². The van der Waals surface area contributed by atoms with E-state index in [1.807, 2.05) is 29.4 Å². The number of carbonyl (C=O) groups excluding carboxylic acids is 1. The van der Waals surface area contributed by atoms with Crippen molar-refractivity contribution in [2.45, 2.75) is 25.7 Å². The van der Waals surface area contributed by atoms with E-state index < -0.39 is 0 Å². The second-order valence-electron chi connectivity index (χ2n) is 9.10. The number of rotatable bonds is 8. The Balaban J connectivity index is 1.10. The van der Waals surface area contributed by atoms with E-state index in [2.05, 4.69) is 24.1 Å². The number of carbonyl (C=O) groups is 1. The molecule has 2 aromatic carbocycles. The summed E-state index contributed by atoms with van der Waals surface area (Å²) in [5, 5.41) is 1.14. The number of hydrogen-bond acceptors (Lipinski definition) is 6. The molecule has 5 rings (SSSR count). The fraction of sp³-hybridized carbons (Fsp3) is 0.444. The van der Waals surface area contributed by atoms with E-state index >= 15 is 0 Å². The van der Waals surface area contributed by atoms with Crippen molar-refractivity contribution < 1.29 is 23.4 Å². The van der Waals surface area contributed by atoms with E-state index in [0.29, 0.717) is 19.6 Å². The summed E-state index contributed by atoms with van der Waals surface area (Å²) in [4.78, 5) is 17.2. The van der Waals surface area contributed by atoms with Crippen molar-refractivity contribution in [1.29, 1.82) is 0 Å². The van der Waals surface area contributed by atoms with Crippen molar-refractivity contribution in [2.24, 2.45) is 0 Å². The van der Waals surface area contributed by atoms with E-state index in [1.54, 1.807) is 7.11 Å². The average Bonchev–Trinajstić information content (AvgIpc) is 3.19. The van der Waals surface area contributed by atoms with Crippen LogP contribution in [0.1, 0.15) is 23.1 Å². The highest BCUT2D eigenvalue weighted by Crippen LogP contribution is 2.34. The molecular formula is C27H32N2O5. The molecule has 0 radical (unpaired) electrons. The SMILES string of the molecule is COc1ccc2c(CCN(C)CCCN3CCc4cc5c(cc4CC3=O)OCCO5)coc2c1. The Bertz CT molecular complexity index is 1170. The van der Waals surface area contributed by atoms with Crippen LogP contribution >= 0.6 is 0 Å². The predicted molar refractivity (Wildman–Crippen MR) is 130 cm³/mol. The summed E-state index contributed by atoms with van der Waals surface area (Å²) in [6, 6.07) is 10.0. The third-order valence-electron chi connectivity index (χ3n) is 6.80. The standard InChI is InChI=1S/C27H32N2O5/c1-28(10-6-20-18-34-24-17-22(31-2)4-5-23(20)24)8-3-9-29-11-7-19-14-25-26(33-13-12-32-25)15-21(19)16-27(29)30/h4-5,14-15,17-18H,3,6-13,16H2,1-2H3. The van der Waals surface area contributed by atoms with Gasteiger partial charge in [0.05, 0.1) is 19.8 Å². The summed E-state index contributed by atoms with van der Waals surface area (Å²) in [7, 11) is 3.80. The summed E-state index contributed by atoms with van der Waals surface area (Å²) in [5.74, 6) is 2.56. The summed E-state index contributed by atoms with van der Waals surface area (Å²) >= 11 is 0. The smallest absolute Gasteiger partial charge is 0.227 e. The zero-order valence-corrected chi connectivity index (χ0v) is 20.0. The largest absolute Gasteiger partial charge is 0.497 e. The molecule has 0 N–H and O–H groups in total. The Hall–Kier alpha value is -3.19. The molecule has 3 aromatic rings. The monoisotopic (exact) mass is 464 g/mol. The Morgan fingerprint density at radius 1 is 1.06 bits per heavy atom. The number of hydrogen-bond donors (Lipinski definition) is 0. The second kappa shape index (κ2) is 9.97. The van der Waals surface area contributed by atoms with Gasteiger partial charge in [-0.15, -0.1) is 0 Å². The van der Waals surface area contributed by atoms with Gasteiger partial charge >= 0.3 is 0 Å². The van der Waals surface area contributed by atoms with Gasteiger partial charge in [-0.2, -0.15) is 0 Å². The first-order chi connectivity index (χ1) is 16.6. The highest BCUT2D eigenvalue weighted by atomic mass is 16.6. The number of furan rings is 1. The maximum Gasteiger partial charge on any atom is 0.227 e. The number of methoxy groups -OCH3 is 1. The minimum atomic E-state index is 0.193. The molecule has 0 fully saturated rings. The van der Waals surface area contributed by atoms with E-state index in [0.717, 1.165) is 79.2 Å². The van der Waals surface area contributed by atoms with Crippen LogP contribution in [-0.2, 0) is 24.1 Å². The van der Waals surface area contributed by atoms with Crippen LogP contribution in [-0.4, -0.2) is 69.3 Å². The van der Waals surface area contributed by atoms with Crippen LogP contribution in [0.5, 0.6) is 17.2 Å². The van der Waals surface area contributed by atoms with Crippen LogP contribution in [0, 0.1) is 0 Å². The molecule has 180 valence electrons. The van der Waals surface area contributed by atoms with Crippen LogP contribution in [0.25, 0.3) is 11.0 Å². The fourth-order valence-electron chi connectivity index (χ4n) is 4.80. The van der Waals surface area contributed by atoms with Gasteiger partial charge < -0.3 is 28.4 Å². The molecule has 0 spiro atoms. The van der Waals surface area contributed by atoms with Gasteiger partial charge in [0.15, 0.2) is 11.5 Å². The Morgan fingerprint density at radius 3 is 2.65 bits per heavy atom. The molecular weight excluding hydrogens is 432 g/mol. The number of amides is 1. The molecule has 3 heterocycles. The van der Waals surface area contributed by atoms with Gasteiger partial charge in [-0.25, -0.2) is 0 Å². The molecule has 1 amide bonds. The lowest BCUT2D eigenvalue weighted by atomic mass is 10.0. The lowest BCUT2D eigenvalue weighted by molar-refractivity contribution is -0.130. The molecule has 0 atom stereocenters. The van der Waals surface area contributed by atoms with Crippen LogP contribution in [0.4, 0.5) is 0 Å². The van der Waals surface area contributed by atoms with Gasteiger partial charge in [0.1, 0.15) is 24.5 Å². The first-order valence-electron chi connectivity index (χ1n) is 12.0. The van der Waals surface area contributed by atoms with Crippen LogP contribution in [0.15, 0.2) is 41.0 Å². The van der Waals surface area contributed by atoms with Crippen molar-refractivity contribution in [3.8, 4) is 17.2 Å². The normalized spacial score (nSPS) is 15.5. The second-order valence-corrected chi connectivity index (χ2v) is 9.10. The highest BCUT2D eigenvalue weighted by molar-refractivity contribution is 5.82.